The van der Waals surface area contributed by atoms with Crippen LogP contribution in [0.5, 0.6) is 0 Å². The van der Waals surface area contributed by atoms with Crippen molar-refractivity contribution < 1.29 is 13.2 Å². The Morgan fingerprint density at radius 2 is 1.95 bits per heavy atom. The number of pyridine rings is 2. The maximum atomic E-state index is 12.9. The molecule has 1 N–H and O–H groups in total. The normalized spacial score (nSPS) is 11.8. The van der Waals surface area contributed by atoms with Crippen LogP contribution in [-0.4, -0.2) is 26.1 Å². The lowest BCUT2D eigenvalue weighted by atomic mass is 10.2. The summed E-state index contributed by atoms with van der Waals surface area (Å²) >= 11 is 0. The minimum Gasteiger partial charge on any atom is -0.369 e. The van der Waals surface area contributed by atoms with Gasteiger partial charge >= 0.3 is 6.18 Å². The summed E-state index contributed by atoms with van der Waals surface area (Å²) in [4.78, 5) is 3.75. The van der Waals surface area contributed by atoms with Gasteiger partial charge in [-0.3, -0.25) is 4.40 Å². The highest BCUT2D eigenvalue weighted by molar-refractivity contribution is 5.45. The first-order valence-corrected chi connectivity index (χ1v) is 6.60. The topological polar surface area (TPSA) is 55.1 Å². The fraction of sp³-hybridized carbons (Fsp3) is 0.214. The lowest BCUT2D eigenvalue weighted by molar-refractivity contribution is -0.137. The number of rotatable bonds is 4. The SMILES string of the molecule is FC(F)(F)c1cccnc1NCCc1nnc2ccccn12. The molecular formula is C14H12F3N5. The quantitative estimate of drug-likeness (QED) is 0.805. The Morgan fingerprint density at radius 3 is 2.77 bits per heavy atom. The van der Waals surface area contributed by atoms with Crippen molar-refractivity contribution in [2.75, 3.05) is 11.9 Å². The van der Waals surface area contributed by atoms with Crippen LogP contribution in [0.1, 0.15) is 11.4 Å². The summed E-state index contributed by atoms with van der Waals surface area (Å²) in [5, 5.41) is 10.7. The number of alkyl halides is 3. The molecule has 0 saturated carbocycles. The van der Waals surface area contributed by atoms with Crippen molar-refractivity contribution in [2.24, 2.45) is 0 Å². The Bertz CT molecular complexity index is 781. The van der Waals surface area contributed by atoms with E-state index in [2.05, 4.69) is 20.5 Å². The molecule has 22 heavy (non-hydrogen) atoms. The monoisotopic (exact) mass is 307 g/mol. The number of hydrogen-bond donors (Lipinski definition) is 1. The predicted octanol–water partition coefficient (Wildman–Crippen LogP) is 2.80. The van der Waals surface area contributed by atoms with Crippen molar-refractivity contribution in [2.45, 2.75) is 12.6 Å². The van der Waals surface area contributed by atoms with Crippen LogP contribution < -0.4 is 5.32 Å². The summed E-state index contributed by atoms with van der Waals surface area (Å²) in [6.45, 7) is 0.274. The van der Waals surface area contributed by atoms with Crippen molar-refractivity contribution in [1.29, 1.82) is 0 Å². The van der Waals surface area contributed by atoms with Gasteiger partial charge in [0.15, 0.2) is 5.65 Å². The van der Waals surface area contributed by atoms with Gasteiger partial charge in [0, 0.05) is 25.4 Å². The molecule has 0 fully saturated rings. The zero-order valence-electron chi connectivity index (χ0n) is 11.4. The van der Waals surface area contributed by atoms with E-state index in [-0.39, 0.29) is 12.4 Å². The van der Waals surface area contributed by atoms with Crippen LogP contribution in [-0.2, 0) is 12.6 Å². The van der Waals surface area contributed by atoms with Gasteiger partial charge in [-0.05, 0) is 24.3 Å². The van der Waals surface area contributed by atoms with Gasteiger partial charge in [0.2, 0.25) is 0 Å². The molecule has 5 nitrogen and oxygen atoms in total. The molecule has 0 aliphatic carbocycles. The molecule has 0 aromatic carbocycles. The maximum Gasteiger partial charge on any atom is 0.419 e. The number of fused-ring (bicyclic) bond motifs is 1. The molecule has 3 heterocycles. The van der Waals surface area contributed by atoms with E-state index in [1.807, 2.05) is 24.4 Å². The summed E-state index contributed by atoms with van der Waals surface area (Å²) in [5.74, 6) is 0.497. The number of halogens is 3. The molecule has 0 unspecified atom stereocenters. The first kappa shape index (κ1) is 14.3. The second-order valence-electron chi connectivity index (χ2n) is 4.62. The van der Waals surface area contributed by atoms with Gasteiger partial charge in [-0.25, -0.2) is 4.98 Å². The second-order valence-corrected chi connectivity index (χ2v) is 4.62. The predicted molar refractivity (Wildman–Crippen MR) is 74.4 cm³/mol. The van der Waals surface area contributed by atoms with Gasteiger partial charge in [-0.15, -0.1) is 10.2 Å². The third-order valence-electron chi connectivity index (χ3n) is 3.14. The summed E-state index contributed by atoms with van der Waals surface area (Å²) in [6, 6.07) is 7.76. The molecule has 8 heteroatoms. The molecule has 0 saturated heterocycles. The van der Waals surface area contributed by atoms with E-state index in [1.165, 1.54) is 12.3 Å². The van der Waals surface area contributed by atoms with Crippen LogP contribution in [0.2, 0.25) is 0 Å². The van der Waals surface area contributed by atoms with E-state index in [1.54, 1.807) is 4.40 Å². The van der Waals surface area contributed by atoms with Crippen LogP contribution in [0.15, 0.2) is 42.7 Å². The third kappa shape index (κ3) is 2.85. The average Bonchev–Trinajstić information content (AvgIpc) is 2.90. The van der Waals surface area contributed by atoms with Gasteiger partial charge in [0.25, 0.3) is 0 Å². The fourth-order valence-electron chi connectivity index (χ4n) is 2.13. The van der Waals surface area contributed by atoms with Gasteiger partial charge < -0.3 is 5.32 Å². The molecule has 3 rings (SSSR count). The molecule has 3 aromatic heterocycles. The van der Waals surface area contributed by atoms with Crippen molar-refractivity contribution in [1.82, 2.24) is 19.6 Å². The minimum absolute atomic E-state index is 0.177. The van der Waals surface area contributed by atoms with Crippen LogP contribution in [0.4, 0.5) is 19.0 Å². The highest BCUT2D eigenvalue weighted by Gasteiger charge is 2.33. The van der Waals surface area contributed by atoms with E-state index in [9.17, 15) is 13.2 Å². The van der Waals surface area contributed by atoms with Gasteiger partial charge in [0.1, 0.15) is 11.6 Å². The first-order chi connectivity index (χ1) is 10.6. The number of anilines is 1. The smallest absolute Gasteiger partial charge is 0.369 e. The summed E-state index contributed by atoms with van der Waals surface area (Å²) in [6.07, 6.45) is -0.867. The third-order valence-corrected chi connectivity index (χ3v) is 3.14. The zero-order valence-corrected chi connectivity index (χ0v) is 11.4. The van der Waals surface area contributed by atoms with Gasteiger partial charge in [0.05, 0.1) is 5.56 Å². The molecule has 0 aliphatic heterocycles. The van der Waals surface area contributed by atoms with E-state index < -0.39 is 11.7 Å². The summed E-state index contributed by atoms with van der Waals surface area (Å²) < 4.78 is 40.3. The first-order valence-electron chi connectivity index (χ1n) is 6.60. The number of nitrogens with one attached hydrogen (secondary N) is 1. The molecule has 3 aromatic rings. The Kier molecular flexibility index (Phi) is 3.66. The largest absolute Gasteiger partial charge is 0.419 e. The summed E-state index contributed by atoms with van der Waals surface area (Å²) in [7, 11) is 0. The number of hydrogen-bond acceptors (Lipinski definition) is 4. The molecule has 114 valence electrons. The summed E-state index contributed by atoms with van der Waals surface area (Å²) in [5.41, 5.74) is -0.0765. The lowest BCUT2D eigenvalue weighted by Gasteiger charge is -2.12. The Hall–Kier alpha value is -2.64. The molecular weight excluding hydrogens is 295 g/mol. The Balaban J connectivity index is 1.72. The number of nitrogens with zero attached hydrogens (tertiary/aromatic N) is 4. The van der Waals surface area contributed by atoms with Crippen molar-refractivity contribution in [3.05, 3.63) is 54.1 Å². The van der Waals surface area contributed by atoms with E-state index in [4.69, 9.17) is 0 Å². The van der Waals surface area contributed by atoms with Gasteiger partial charge in [-0.1, -0.05) is 6.07 Å². The minimum atomic E-state index is -4.43. The van der Waals surface area contributed by atoms with E-state index in [0.717, 1.165) is 6.07 Å². The second kappa shape index (κ2) is 5.63. The number of aromatic nitrogens is 4. The van der Waals surface area contributed by atoms with Crippen LogP contribution >= 0.6 is 0 Å². The molecule has 0 radical (unpaired) electrons. The fourth-order valence-corrected chi connectivity index (χ4v) is 2.13. The van der Waals surface area contributed by atoms with Crippen molar-refractivity contribution >= 4 is 11.5 Å². The lowest BCUT2D eigenvalue weighted by Crippen LogP contribution is -2.14. The highest BCUT2D eigenvalue weighted by atomic mass is 19.4. The Morgan fingerprint density at radius 1 is 1.09 bits per heavy atom. The maximum absolute atomic E-state index is 12.9. The van der Waals surface area contributed by atoms with Crippen molar-refractivity contribution in [3.63, 3.8) is 0 Å². The molecule has 0 spiro atoms. The van der Waals surface area contributed by atoms with Crippen LogP contribution in [0.3, 0.4) is 0 Å². The van der Waals surface area contributed by atoms with E-state index in [0.29, 0.717) is 17.9 Å². The molecule has 0 bridgehead atoms. The molecule has 0 amide bonds. The van der Waals surface area contributed by atoms with Crippen molar-refractivity contribution in [3.8, 4) is 0 Å². The molecule has 0 aliphatic rings. The zero-order chi connectivity index (χ0) is 15.6. The van der Waals surface area contributed by atoms with Crippen LogP contribution in [0.25, 0.3) is 5.65 Å². The van der Waals surface area contributed by atoms with Crippen LogP contribution in [0, 0.1) is 0 Å². The highest BCUT2D eigenvalue weighted by Crippen LogP contribution is 2.33. The Labute approximate surface area is 123 Å². The van der Waals surface area contributed by atoms with Gasteiger partial charge in [-0.2, -0.15) is 13.2 Å². The average molecular weight is 307 g/mol. The standard InChI is InChI=1S/C14H12F3N5/c15-14(16,17)10-4-3-7-18-13(10)19-8-6-12-21-20-11-5-1-2-9-22(11)12/h1-5,7,9H,6,8H2,(H,18,19). The van der Waals surface area contributed by atoms with E-state index >= 15 is 0 Å². The molecule has 0 atom stereocenters.